The molecule has 0 aliphatic rings. The Bertz CT molecular complexity index is 839. The maximum atomic E-state index is 12.2. The van der Waals surface area contributed by atoms with Crippen molar-refractivity contribution in [3.8, 4) is 28.4 Å². The van der Waals surface area contributed by atoms with Crippen molar-refractivity contribution in [2.45, 2.75) is 13.5 Å². The first-order valence-corrected chi connectivity index (χ1v) is 7.93. The van der Waals surface area contributed by atoms with E-state index in [9.17, 15) is 4.79 Å². The second-order valence-electron chi connectivity index (χ2n) is 5.59. The zero-order valence-electron chi connectivity index (χ0n) is 15.7. The fraction of sp³-hybridized carbons (Fsp3) is 0.316. The number of methoxy groups -OCH3 is 4. The summed E-state index contributed by atoms with van der Waals surface area (Å²) < 4.78 is 21.3. The number of ether oxygens (including phenoxy) is 4. The number of nitrogens with two attached hydrogens (primary N) is 1. The first-order chi connectivity index (χ1) is 12.4. The predicted octanol–water partition coefficient (Wildman–Crippen LogP) is 2.99. The van der Waals surface area contributed by atoms with Crippen molar-refractivity contribution in [3.63, 3.8) is 0 Å². The number of allylic oxidation sites excluding steroid dienone is 1. The van der Waals surface area contributed by atoms with Crippen LogP contribution in [0.5, 0.6) is 17.2 Å². The van der Waals surface area contributed by atoms with Gasteiger partial charge in [0.2, 0.25) is 5.75 Å². The first-order valence-electron chi connectivity index (χ1n) is 7.93. The number of hydrogen-bond donors (Lipinski definition) is 2. The molecule has 7 heteroatoms. The topological polar surface area (TPSA) is 95.8 Å². The summed E-state index contributed by atoms with van der Waals surface area (Å²) in [4.78, 5) is 15.3. The summed E-state index contributed by atoms with van der Waals surface area (Å²) in [5.41, 5.74) is 9.62. The Balaban J connectivity index is 2.90. The first kappa shape index (κ1) is 19.4. The second-order valence-corrected chi connectivity index (χ2v) is 5.59. The Hall–Kier alpha value is -2.93. The van der Waals surface area contributed by atoms with Crippen LogP contribution in [0.3, 0.4) is 0 Å². The third-order valence-corrected chi connectivity index (χ3v) is 4.07. The number of carbonyl (C=O) groups is 1. The molecule has 0 spiro atoms. The molecule has 3 N–H and O–H groups in total. The minimum atomic E-state index is -0.497. The molecule has 7 nitrogen and oxygen atoms in total. The van der Waals surface area contributed by atoms with Crippen LogP contribution in [0.25, 0.3) is 16.7 Å². The van der Waals surface area contributed by atoms with E-state index in [2.05, 4.69) is 11.6 Å². The van der Waals surface area contributed by atoms with E-state index in [1.807, 2.05) is 13.0 Å². The Kier molecular flexibility index (Phi) is 5.94. The summed E-state index contributed by atoms with van der Waals surface area (Å²) in [6.07, 6.45) is 0. The molecule has 0 aliphatic carbocycles. The van der Waals surface area contributed by atoms with Crippen LogP contribution in [0.2, 0.25) is 0 Å². The van der Waals surface area contributed by atoms with Gasteiger partial charge in [0, 0.05) is 28.9 Å². The number of carbonyl (C=O) groups excluding carboxylic acids is 1. The van der Waals surface area contributed by atoms with E-state index >= 15 is 0 Å². The Labute approximate surface area is 152 Å². The summed E-state index contributed by atoms with van der Waals surface area (Å²) in [6, 6.07) is 3.60. The van der Waals surface area contributed by atoms with Crippen molar-refractivity contribution in [2.24, 2.45) is 5.73 Å². The quantitative estimate of drug-likeness (QED) is 0.737. The van der Waals surface area contributed by atoms with Gasteiger partial charge in [-0.05, 0) is 24.6 Å². The summed E-state index contributed by atoms with van der Waals surface area (Å²) in [7, 11) is 5.94. The lowest BCUT2D eigenvalue weighted by Crippen LogP contribution is -2.05. The van der Waals surface area contributed by atoms with Gasteiger partial charge in [-0.25, -0.2) is 4.79 Å². The van der Waals surface area contributed by atoms with Crippen molar-refractivity contribution in [1.82, 2.24) is 4.98 Å². The number of aromatic amines is 1. The van der Waals surface area contributed by atoms with E-state index in [0.29, 0.717) is 45.3 Å². The molecule has 1 heterocycles. The molecule has 0 unspecified atom stereocenters. The highest BCUT2D eigenvalue weighted by atomic mass is 16.5. The number of nitrogens with one attached hydrogen (secondary N) is 1. The van der Waals surface area contributed by atoms with Crippen LogP contribution in [-0.4, -0.2) is 39.4 Å². The summed E-state index contributed by atoms with van der Waals surface area (Å²) in [5, 5.41) is 0. The molecular weight excluding hydrogens is 336 g/mol. The zero-order chi connectivity index (χ0) is 19.4. The summed E-state index contributed by atoms with van der Waals surface area (Å²) >= 11 is 0. The molecule has 0 saturated heterocycles. The Morgan fingerprint density at radius 2 is 1.77 bits per heavy atom. The average Bonchev–Trinajstić information content (AvgIpc) is 3.05. The van der Waals surface area contributed by atoms with Crippen LogP contribution in [0.1, 0.15) is 28.7 Å². The molecule has 0 amide bonds. The van der Waals surface area contributed by atoms with E-state index in [-0.39, 0.29) is 6.54 Å². The highest BCUT2D eigenvalue weighted by Gasteiger charge is 2.27. The number of H-pyrrole nitrogens is 1. The summed E-state index contributed by atoms with van der Waals surface area (Å²) in [6.45, 7) is 6.00. The molecule has 0 bridgehead atoms. The van der Waals surface area contributed by atoms with E-state index < -0.39 is 5.97 Å². The highest BCUT2D eigenvalue weighted by molar-refractivity contribution is 6.00. The van der Waals surface area contributed by atoms with E-state index in [1.54, 1.807) is 13.2 Å². The Morgan fingerprint density at radius 1 is 1.12 bits per heavy atom. The standard InChI is InChI=1S/C19H24N2O5/c1-10(2)14-15(12(9-20)21-16(14)19(22)26-6)11-7-8-13(23-3)18(25-5)17(11)24-4/h7-8,21H,1,9,20H2,2-6H3. The monoisotopic (exact) mass is 360 g/mol. The van der Waals surface area contributed by atoms with Gasteiger partial charge >= 0.3 is 5.97 Å². The lowest BCUT2D eigenvalue weighted by Gasteiger charge is -2.17. The van der Waals surface area contributed by atoms with Crippen LogP contribution >= 0.6 is 0 Å². The smallest absolute Gasteiger partial charge is 0.355 e. The molecule has 1 aromatic carbocycles. The van der Waals surface area contributed by atoms with Crippen LogP contribution in [0.15, 0.2) is 18.7 Å². The second kappa shape index (κ2) is 7.97. The third kappa shape index (κ3) is 3.13. The molecule has 0 radical (unpaired) electrons. The molecule has 2 aromatic rings. The van der Waals surface area contributed by atoms with Crippen LogP contribution in [0, 0.1) is 0 Å². The molecule has 26 heavy (non-hydrogen) atoms. The van der Waals surface area contributed by atoms with Crippen molar-refractivity contribution in [2.75, 3.05) is 28.4 Å². The number of benzene rings is 1. The van der Waals surface area contributed by atoms with Crippen LogP contribution in [0.4, 0.5) is 0 Å². The van der Waals surface area contributed by atoms with Gasteiger partial charge in [0.05, 0.1) is 28.4 Å². The lowest BCUT2D eigenvalue weighted by molar-refractivity contribution is 0.0594. The van der Waals surface area contributed by atoms with Crippen molar-refractivity contribution < 1.29 is 23.7 Å². The van der Waals surface area contributed by atoms with E-state index in [4.69, 9.17) is 24.7 Å². The van der Waals surface area contributed by atoms with Gasteiger partial charge < -0.3 is 29.7 Å². The predicted molar refractivity (Wildman–Crippen MR) is 99.8 cm³/mol. The normalized spacial score (nSPS) is 10.4. The lowest BCUT2D eigenvalue weighted by atomic mass is 9.94. The van der Waals surface area contributed by atoms with Gasteiger partial charge in [0.1, 0.15) is 5.69 Å². The molecule has 0 aliphatic heterocycles. The zero-order valence-corrected chi connectivity index (χ0v) is 15.7. The van der Waals surface area contributed by atoms with E-state index in [1.165, 1.54) is 21.3 Å². The molecule has 1 aromatic heterocycles. The molecule has 2 rings (SSSR count). The molecule has 0 saturated carbocycles. The Morgan fingerprint density at radius 3 is 2.23 bits per heavy atom. The van der Waals surface area contributed by atoms with Crippen LogP contribution < -0.4 is 19.9 Å². The maximum absolute atomic E-state index is 12.2. The third-order valence-electron chi connectivity index (χ3n) is 4.07. The van der Waals surface area contributed by atoms with E-state index in [0.717, 1.165) is 5.56 Å². The van der Waals surface area contributed by atoms with Crippen LogP contribution in [-0.2, 0) is 11.3 Å². The maximum Gasteiger partial charge on any atom is 0.355 e. The van der Waals surface area contributed by atoms with Gasteiger partial charge in [-0.15, -0.1) is 0 Å². The highest BCUT2D eigenvalue weighted by Crippen LogP contribution is 2.47. The fourth-order valence-corrected chi connectivity index (χ4v) is 2.98. The molecular formula is C19H24N2O5. The molecule has 140 valence electrons. The number of aromatic nitrogens is 1. The van der Waals surface area contributed by atoms with Gasteiger partial charge in [0.15, 0.2) is 11.5 Å². The average molecular weight is 360 g/mol. The van der Waals surface area contributed by atoms with Gasteiger partial charge in [-0.2, -0.15) is 0 Å². The fourth-order valence-electron chi connectivity index (χ4n) is 2.98. The van der Waals surface area contributed by atoms with Crippen molar-refractivity contribution in [3.05, 3.63) is 35.7 Å². The molecule has 0 atom stereocenters. The number of esters is 1. The van der Waals surface area contributed by atoms with Gasteiger partial charge in [0.25, 0.3) is 0 Å². The minimum Gasteiger partial charge on any atom is -0.493 e. The van der Waals surface area contributed by atoms with Gasteiger partial charge in [-0.1, -0.05) is 6.58 Å². The molecule has 0 fully saturated rings. The number of hydrogen-bond acceptors (Lipinski definition) is 6. The SMILES string of the molecule is C=C(C)c1c(C(=O)OC)[nH]c(CN)c1-c1ccc(OC)c(OC)c1OC. The minimum absolute atomic E-state index is 0.185. The number of rotatable bonds is 7. The summed E-state index contributed by atoms with van der Waals surface area (Å²) in [5.74, 6) is 0.954. The largest absolute Gasteiger partial charge is 0.493 e. The van der Waals surface area contributed by atoms with Crippen molar-refractivity contribution in [1.29, 1.82) is 0 Å². The van der Waals surface area contributed by atoms with Gasteiger partial charge in [-0.3, -0.25) is 0 Å². The van der Waals surface area contributed by atoms with Crippen molar-refractivity contribution >= 4 is 11.5 Å².